The van der Waals surface area contributed by atoms with E-state index >= 15 is 0 Å². The van der Waals surface area contributed by atoms with E-state index in [1.807, 2.05) is 0 Å². The average molecular weight is 249 g/mol. The molecule has 0 aliphatic carbocycles. The Kier molecular flexibility index (Phi) is 3.97. The van der Waals surface area contributed by atoms with E-state index in [0.29, 0.717) is 12.5 Å². The van der Waals surface area contributed by atoms with Crippen molar-refractivity contribution in [3.63, 3.8) is 0 Å². The van der Waals surface area contributed by atoms with Crippen LogP contribution in [0.2, 0.25) is 0 Å². The van der Waals surface area contributed by atoms with Crippen molar-refractivity contribution in [2.45, 2.75) is 26.8 Å². The van der Waals surface area contributed by atoms with Crippen LogP contribution in [0.1, 0.15) is 19.5 Å². The summed E-state index contributed by atoms with van der Waals surface area (Å²) >= 11 is 1.73. The zero-order chi connectivity index (χ0) is 12.3. The predicted octanol–water partition coefficient (Wildman–Crippen LogP) is 2.77. The quantitative estimate of drug-likeness (QED) is 0.885. The fourth-order valence-corrected chi connectivity index (χ4v) is 2.53. The van der Waals surface area contributed by atoms with E-state index in [0.717, 1.165) is 18.7 Å². The SMILES string of the molecule is CC(C)Cn1nc(-c2cccs2)cc1CCN. The summed E-state index contributed by atoms with van der Waals surface area (Å²) in [4.78, 5) is 1.23. The van der Waals surface area contributed by atoms with Crippen molar-refractivity contribution in [2.75, 3.05) is 6.54 Å². The van der Waals surface area contributed by atoms with Crippen LogP contribution in [0.5, 0.6) is 0 Å². The van der Waals surface area contributed by atoms with Crippen molar-refractivity contribution in [3.05, 3.63) is 29.3 Å². The van der Waals surface area contributed by atoms with Crippen LogP contribution in [-0.4, -0.2) is 16.3 Å². The van der Waals surface area contributed by atoms with Gasteiger partial charge in [0.1, 0.15) is 5.69 Å². The van der Waals surface area contributed by atoms with E-state index in [1.165, 1.54) is 10.6 Å². The second-order valence-corrected chi connectivity index (χ2v) is 5.56. The third kappa shape index (κ3) is 2.96. The number of rotatable bonds is 5. The highest BCUT2D eigenvalue weighted by molar-refractivity contribution is 7.13. The lowest BCUT2D eigenvalue weighted by molar-refractivity contribution is 0.469. The van der Waals surface area contributed by atoms with Crippen LogP contribution in [-0.2, 0) is 13.0 Å². The van der Waals surface area contributed by atoms with Crippen molar-refractivity contribution >= 4 is 11.3 Å². The van der Waals surface area contributed by atoms with Gasteiger partial charge >= 0.3 is 0 Å². The first-order valence-electron chi connectivity index (χ1n) is 6.01. The third-order valence-electron chi connectivity index (χ3n) is 2.58. The molecule has 2 heterocycles. The van der Waals surface area contributed by atoms with E-state index in [-0.39, 0.29) is 0 Å². The van der Waals surface area contributed by atoms with Gasteiger partial charge in [-0.3, -0.25) is 4.68 Å². The van der Waals surface area contributed by atoms with Crippen LogP contribution in [0.15, 0.2) is 23.6 Å². The molecule has 0 saturated carbocycles. The fraction of sp³-hybridized carbons (Fsp3) is 0.462. The largest absolute Gasteiger partial charge is 0.330 e. The number of hydrogen-bond donors (Lipinski definition) is 1. The van der Waals surface area contributed by atoms with E-state index in [1.54, 1.807) is 11.3 Å². The van der Waals surface area contributed by atoms with Gasteiger partial charge in [-0.2, -0.15) is 5.10 Å². The van der Waals surface area contributed by atoms with Crippen LogP contribution in [0, 0.1) is 5.92 Å². The molecule has 0 amide bonds. The van der Waals surface area contributed by atoms with Gasteiger partial charge in [0.15, 0.2) is 0 Å². The molecule has 0 aliphatic rings. The standard InChI is InChI=1S/C13H19N3S/c1-10(2)9-16-11(5-6-14)8-12(15-16)13-4-3-7-17-13/h3-4,7-8,10H,5-6,9,14H2,1-2H3. The summed E-state index contributed by atoms with van der Waals surface area (Å²) in [6.07, 6.45) is 0.894. The second-order valence-electron chi connectivity index (χ2n) is 4.61. The third-order valence-corrected chi connectivity index (χ3v) is 3.47. The Balaban J connectivity index is 2.30. The second kappa shape index (κ2) is 5.47. The molecule has 2 aromatic rings. The van der Waals surface area contributed by atoms with Gasteiger partial charge in [-0.15, -0.1) is 11.3 Å². The van der Waals surface area contributed by atoms with E-state index in [2.05, 4.69) is 47.2 Å². The molecular weight excluding hydrogens is 230 g/mol. The molecule has 0 unspecified atom stereocenters. The molecule has 0 aromatic carbocycles. The summed E-state index contributed by atoms with van der Waals surface area (Å²) in [6, 6.07) is 6.34. The summed E-state index contributed by atoms with van der Waals surface area (Å²) in [7, 11) is 0. The van der Waals surface area contributed by atoms with Crippen molar-refractivity contribution in [1.82, 2.24) is 9.78 Å². The van der Waals surface area contributed by atoms with Crippen LogP contribution < -0.4 is 5.73 Å². The van der Waals surface area contributed by atoms with Gasteiger partial charge in [0, 0.05) is 18.7 Å². The molecule has 2 N–H and O–H groups in total. The number of nitrogens with two attached hydrogens (primary N) is 1. The van der Waals surface area contributed by atoms with Gasteiger partial charge in [0.05, 0.1) is 4.88 Å². The molecule has 92 valence electrons. The summed E-state index contributed by atoms with van der Waals surface area (Å²) in [5.74, 6) is 0.600. The molecule has 2 aromatic heterocycles. The monoisotopic (exact) mass is 249 g/mol. The van der Waals surface area contributed by atoms with Crippen LogP contribution >= 0.6 is 11.3 Å². The molecule has 0 fully saturated rings. The Morgan fingerprint density at radius 1 is 1.47 bits per heavy atom. The summed E-state index contributed by atoms with van der Waals surface area (Å²) in [5, 5.41) is 6.77. The molecular formula is C13H19N3S. The Labute approximate surface area is 106 Å². The Morgan fingerprint density at radius 2 is 2.29 bits per heavy atom. The topological polar surface area (TPSA) is 43.8 Å². The first-order valence-corrected chi connectivity index (χ1v) is 6.89. The highest BCUT2D eigenvalue weighted by Gasteiger charge is 2.10. The van der Waals surface area contributed by atoms with Crippen molar-refractivity contribution < 1.29 is 0 Å². The number of hydrogen-bond acceptors (Lipinski definition) is 3. The lowest BCUT2D eigenvalue weighted by Gasteiger charge is -2.08. The Bertz CT molecular complexity index is 457. The molecule has 0 saturated heterocycles. The zero-order valence-electron chi connectivity index (χ0n) is 10.4. The van der Waals surface area contributed by atoms with Crippen molar-refractivity contribution in [2.24, 2.45) is 11.7 Å². The van der Waals surface area contributed by atoms with Crippen LogP contribution in [0.3, 0.4) is 0 Å². The van der Waals surface area contributed by atoms with Gasteiger partial charge in [0.2, 0.25) is 0 Å². The smallest absolute Gasteiger partial charge is 0.103 e. The van der Waals surface area contributed by atoms with Gasteiger partial charge < -0.3 is 5.73 Å². The molecule has 0 spiro atoms. The van der Waals surface area contributed by atoms with Crippen LogP contribution in [0.4, 0.5) is 0 Å². The van der Waals surface area contributed by atoms with E-state index in [9.17, 15) is 0 Å². The molecule has 17 heavy (non-hydrogen) atoms. The first kappa shape index (κ1) is 12.3. The minimum Gasteiger partial charge on any atom is -0.330 e. The Morgan fingerprint density at radius 3 is 2.88 bits per heavy atom. The maximum Gasteiger partial charge on any atom is 0.103 e. The normalized spacial score (nSPS) is 11.3. The summed E-state index contributed by atoms with van der Waals surface area (Å²) in [5.41, 5.74) is 7.96. The highest BCUT2D eigenvalue weighted by Crippen LogP contribution is 2.24. The van der Waals surface area contributed by atoms with Crippen molar-refractivity contribution in [1.29, 1.82) is 0 Å². The van der Waals surface area contributed by atoms with E-state index < -0.39 is 0 Å². The summed E-state index contributed by atoms with van der Waals surface area (Å²) in [6.45, 7) is 6.05. The lowest BCUT2D eigenvalue weighted by Crippen LogP contribution is -2.13. The van der Waals surface area contributed by atoms with Gasteiger partial charge in [-0.1, -0.05) is 19.9 Å². The van der Waals surface area contributed by atoms with Gasteiger partial charge in [-0.25, -0.2) is 0 Å². The maximum absolute atomic E-state index is 5.65. The fourth-order valence-electron chi connectivity index (χ4n) is 1.85. The minimum atomic E-state index is 0.600. The number of thiophene rings is 1. The summed E-state index contributed by atoms with van der Waals surface area (Å²) < 4.78 is 2.10. The van der Waals surface area contributed by atoms with E-state index in [4.69, 9.17) is 5.73 Å². The number of aromatic nitrogens is 2. The molecule has 0 atom stereocenters. The zero-order valence-corrected chi connectivity index (χ0v) is 11.2. The van der Waals surface area contributed by atoms with Crippen LogP contribution in [0.25, 0.3) is 10.6 Å². The minimum absolute atomic E-state index is 0.600. The Hall–Kier alpha value is -1.13. The number of nitrogens with zero attached hydrogens (tertiary/aromatic N) is 2. The highest BCUT2D eigenvalue weighted by atomic mass is 32.1. The molecule has 0 bridgehead atoms. The molecule has 0 aliphatic heterocycles. The molecule has 3 nitrogen and oxygen atoms in total. The maximum atomic E-state index is 5.65. The first-order chi connectivity index (χ1) is 8.20. The lowest BCUT2D eigenvalue weighted by atomic mass is 10.2. The molecule has 2 rings (SSSR count). The van der Waals surface area contributed by atoms with Gasteiger partial charge in [0.25, 0.3) is 0 Å². The van der Waals surface area contributed by atoms with Gasteiger partial charge in [-0.05, 0) is 30.0 Å². The molecule has 0 radical (unpaired) electrons. The van der Waals surface area contributed by atoms with Crippen molar-refractivity contribution in [3.8, 4) is 10.6 Å². The predicted molar refractivity (Wildman–Crippen MR) is 73.1 cm³/mol. The molecule has 4 heteroatoms. The average Bonchev–Trinajstić information content (AvgIpc) is 2.87.